The van der Waals surface area contributed by atoms with E-state index in [-0.39, 0.29) is 11.9 Å². The molecule has 29 heavy (non-hydrogen) atoms. The van der Waals surface area contributed by atoms with Gasteiger partial charge in [0.25, 0.3) is 0 Å². The molecule has 1 amide bonds. The number of carbonyl (C=O) groups excluding carboxylic acids is 1. The van der Waals surface area contributed by atoms with Crippen LogP contribution in [0.25, 0.3) is 11.3 Å². The first-order valence-corrected chi connectivity index (χ1v) is 10.6. The van der Waals surface area contributed by atoms with Crippen LogP contribution in [0.5, 0.6) is 0 Å². The lowest BCUT2D eigenvalue weighted by Crippen LogP contribution is -2.35. The van der Waals surface area contributed by atoms with Crippen molar-refractivity contribution in [2.45, 2.75) is 44.6 Å². The van der Waals surface area contributed by atoms with Crippen LogP contribution >= 0.6 is 11.6 Å². The van der Waals surface area contributed by atoms with E-state index in [0.717, 1.165) is 31.4 Å². The number of amides is 1. The fourth-order valence-corrected chi connectivity index (χ4v) is 4.33. The SMILES string of the molecule is Cn1cccc1C1CCCCCN1C(=O)CCc1ncc(-c2ccccc2Cl)o1. The van der Waals surface area contributed by atoms with Crippen molar-refractivity contribution in [3.8, 4) is 11.3 Å². The summed E-state index contributed by atoms with van der Waals surface area (Å²) in [6.07, 6.45) is 9.00. The quantitative estimate of drug-likeness (QED) is 0.564. The van der Waals surface area contributed by atoms with Crippen molar-refractivity contribution in [3.05, 3.63) is 65.4 Å². The standard InChI is InChI=1S/C23H26ClN3O2/c1-26-14-7-11-19(26)20-10-3-2-6-15-27(20)23(28)13-12-22-25-16-21(29-22)17-8-4-5-9-18(17)24/h4-5,7-9,11,14,16,20H,2-3,6,10,12-13,15H2,1H3. The van der Waals surface area contributed by atoms with Crippen LogP contribution in [0.3, 0.4) is 0 Å². The summed E-state index contributed by atoms with van der Waals surface area (Å²) in [6.45, 7) is 0.811. The van der Waals surface area contributed by atoms with Gasteiger partial charge in [0.2, 0.25) is 5.91 Å². The first-order chi connectivity index (χ1) is 14.1. The van der Waals surface area contributed by atoms with E-state index < -0.39 is 0 Å². The Morgan fingerprint density at radius 3 is 2.86 bits per heavy atom. The third-order valence-electron chi connectivity index (χ3n) is 5.64. The van der Waals surface area contributed by atoms with Gasteiger partial charge in [-0.05, 0) is 37.1 Å². The van der Waals surface area contributed by atoms with Gasteiger partial charge in [-0.15, -0.1) is 0 Å². The van der Waals surface area contributed by atoms with Crippen LogP contribution in [0.1, 0.15) is 49.7 Å². The van der Waals surface area contributed by atoms with Gasteiger partial charge in [0.05, 0.1) is 17.3 Å². The Kier molecular flexibility index (Phi) is 6.05. The highest BCUT2D eigenvalue weighted by Crippen LogP contribution is 2.31. The summed E-state index contributed by atoms with van der Waals surface area (Å²) >= 11 is 6.24. The fraction of sp³-hybridized carbons (Fsp3) is 0.391. The van der Waals surface area contributed by atoms with E-state index >= 15 is 0 Å². The molecule has 1 saturated heterocycles. The zero-order valence-electron chi connectivity index (χ0n) is 16.7. The van der Waals surface area contributed by atoms with Crippen LogP contribution in [-0.2, 0) is 18.3 Å². The minimum absolute atomic E-state index is 0.147. The van der Waals surface area contributed by atoms with Crippen molar-refractivity contribution >= 4 is 17.5 Å². The summed E-state index contributed by atoms with van der Waals surface area (Å²) in [5.41, 5.74) is 2.02. The molecule has 0 aliphatic carbocycles. The van der Waals surface area contributed by atoms with Gasteiger partial charge in [-0.3, -0.25) is 4.79 Å². The van der Waals surface area contributed by atoms with Gasteiger partial charge in [0.1, 0.15) is 0 Å². The second kappa shape index (κ2) is 8.87. The molecule has 3 heterocycles. The molecule has 4 rings (SSSR count). The van der Waals surface area contributed by atoms with Gasteiger partial charge in [-0.1, -0.05) is 36.6 Å². The topological polar surface area (TPSA) is 51.3 Å². The summed E-state index contributed by atoms with van der Waals surface area (Å²) in [6, 6.07) is 11.8. The average Bonchev–Trinajstić information content (AvgIpc) is 3.29. The molecule has 0 spiro atoms. The molecule has 0 radical (unpaired) electrons. The predicted octanol–water partition coefficient (Wildman–Crippen LogP) is 5.41. The lowest BCUT2D eigenvalue weighted by Gasteiger charge is -2.30. The Morgan fingerprint density at radius 2 is 2.07 bits per heavy atom. The van der Waals surface area contributed by atoms with Crippen LogP contribution in [0, 0.1) is 0 Å². The maximum Gasteiger partial charge on any atom is 0.223 e. The number of nitrogens with zero attached hydrogens (tertiary/aromatic N) is 3. The number of halogens is 1. The highest BCUT2D eigenvalue weighted by molar-refractivity contribution is 6.33. The lowest BCUT2D eigenvalue weighted by atomic mass is 10.1. The minimum atomic E-state index is 0.147. The molecule has 152 valence electrons. The van der Waals surface area contributed by atoms with Gasteiger partial charge < -0.3 is 13.9 Å². The number of benzene rings is 1. The Bertz CT molecular complexity index is 978. The highest BCUT2D eigenvalue weighted by Gasteiger charge is 2.28. The van der Waals surface area contributed by atoms with E-state index in [0.29, 0.717) is 29.5 Å². The Hall–Kier alpha value is -2.53. The molecule has 1 fully saturated rings. The normalized spacial score (nSPS) is 17.3. The maximum atomic E-state index is 13.1. The first-order valence-electron chi connectivity index (χ1n) is 10.2. The summed E-state index contributed by atoms with van der Waals surface area (Å²) in [5.74, 6) is 1.36. The van der Waals surface area contributed by atoms with Crippen LogP contribution in [0.15, 0.2) is 53.2 Å². The number of hydrogen-bond donors (Lipinski definition) is 0. The molecule has 0 saturated carbocycles. The van der Waals surface area contributed by atoms with Crippen molar-refractivity contribution < 1.29 is 9.21 Å². The molecule has 6 heteroatoms. The van der Waals surface area contributed by atoms with Crippen molar-refractivity contribution in [1.29, 1.82) is 0 Å². The molecular formula is C23H26ClN3O2. The summed E-state index contributed by atoms with van der Waals surface area (Å²) in [5, 5.41) is 0.626. The third-order valence-corrected chi connectivity index (χ3v) is 5.97. The number of rotatable bonds is 5. The number of likely N-dealkylation sites (tertiary alicyclic amines) is 1. The molecule has 0 N–H and O–H groups in total. The van der Waals surface area contributed by atoms with Crippen LogP contribution in [0.4, 0.5) is 0 Å². The molecular weight excluding hydrogens is 386 g/mol. The van der Waals surface area contributed by atoms with E-state index in [9.17, 15) is 4.79 Å². The van der Waals surface area contributed by atoms with Crippen molar-refractivity contribution in [3.63, 3.8) is 0 Å². The summed E-state index contributed by atoms with van der Waals surface area (Å²) in [4.78, 5) is 19.5. The zero-order chi connectivity index (χ0) is 20.2. The largest absolute Gasteiger partial charge is 0.441 e. The van der Waals surface area contributed by atoms with Crippen LogP contribution in [0.2, 0.25) is 5.02 Å². The van der Waals surface area contributed by atoms with E-state index in [2.05, 4.69) is 20.5 Å². The molecule has 5 nitrogen and oxygen atoms in total. The molecule has 2 aromatic heterocycles. The van der Waals surface area contributed by atoms with E-state index in [1.54, 1.807) is 6.20 Å². The fourth-order valence-electron chi connectivity index (χ4n) is 4.10. The predicted molar refractivity (Wildman–Crippen MR) is 114 cm³/mol. The number of aryl methyl sites for hydroxylation is 2. The highest BCUT2D eigenvalue weighted by atomic mass is 35.5. The monoisotopic (exact) mass is 411 g/mol. The van der Waals surface area contributed by atoms with Gasteiger partial charge in [-0.25, -0.2) is 4.98 Å². The van der Waals surface area contributed by atoms with Crippen molar-refractivity contribution in [2.75, 3.05) is 6.54 Å². The lowest BCUT2D eigenvalue weighted by molar-refractivity contribution is -0.133. The second-order valence-electron chi connectivity index (χ2n) is 7.59. The zero-order valence-corrected chi connectivity index (χ0v) is 17.4. The van der Waals surface area contributed by atoms with Crippen molar-refractivity contribution in [1.82, 2.24) is 14.5 Å². The van der Waals surface area contributed by atoms with Gasteiger partial charge in [0.15, 0.2) is 11.7 Å². The second-order valence-corrected chi connectivity index (χ2v) is 8.00. The van der Waals surface area contributed by atoms with E-state index in [1.165, 1.54) is 12.1 Å². The number of hydrogen-bond acceptors (Lipinski definition) is 3. The number of carbonyl (C=O) groups is 1. The number of aromatic nitrogens is 2. The molecule has 1 aliphatic heterocycles. The molecule has 1 aromatic carbocycles. The maximum absolute atomic E-state index is 13.1. The van der Waals surface area contributed by atoms with Crippen LogP contribution in [-0.4, -0.2) is 26.9 Å². The summed E-state index contributed by atoms with van der Waals surface area (Å²) in [7, 11) is 2.05. The van der Waals surface area contributed by atoms with Crippen LogP contribution < -0.4 is 0 Å². The minimum Gasteiger partial charge on any atom is -0.441 e. The Morgan fingerprint density at radius 1 is 1.21 bits per heavy atom. The average molecular weight is 412 g/mol. The Labute approximate surface area is 176 Å². The van der Waals surface area contributed by atoms with Gasteiger partial charge in [-0.2, -0.15) is 0 Å². The Balaban J connectivity index is 1.44. The molecule has 1 unspecified atom stereocenters. The number of oxazole rings is 1. The first kappa shape index (κ1) is 19.8. The van der Waals surface area contributed by atoms with Crippen molar-refractivity contribution in [2.24, 2.45) is 7.05 Å². The van der Waals surface area contributed by atoms with E-state index in [4.69, 9.17) is 16.0 Å². The summed E-state index contributed by atoms with van der Waals surface area (Å²) < 4.78 is 7.99. The van der Waals surface area contributed by atoms with E-state index in [1.807, 2.05) is 43.6 Å². The third kappa shape index (κ3) is 4.40. The molecule has 3 aromatic rings. The smallest absolute Gasteiger partial charge is 0.223 e. The van der Waals surface area contributed by atoms with Gasteiger partial charge >= 0.3 is 0 Å². The van der Waals surface area contributed by atoms with Gasteiger partial charge in [0, 0.05) is 43.9 Å². The molecule has 1 atom stereocenters. The molecule has 1 aliphatic rings. The molecule has 0 bridgehead atoms.